The molecule has 0 radical (unpaired) electrons. The van der Waals surface area contributed by atoms with Gasteiger partial charge in [0.05, 0.1) is 22.1 Å². The Balaban J connectivity index is 1.26. The fraction of sp³-hybridized carbons (Fsp3) is 0. The first-order valence-electron chi connectivity index (χ1n) is 16.4. The molecule has 0 aliphatic heterocycles. The molecule has 11 aromatic rings. The lowest BCUT2D eigenvalue weighted by molar-refractivity contribution is 1.03. The van der Waals surface area contributed by atoms with Gasteiger partial charge in [-0.3, -0.25) is 18.3 Å². The maximum absolute atomic E-state index is 4.84. The molecule has 0 saturated heterocycles. The molecule has 0 atom stereocenters. The predicted molar refractivity (Wildman–Crippen MR) is 202 cm³/mol. The molecule has 0 saturated carbocycles. The van der Waals surface area contributed by atoms with Crippen LogP contribution in [0.15, 0.2) is 158 Å². The van der Waals surface area contributed by atoms with Gasteiger partial charge in [0.2, 0.25) is 0 Å². The Bertz CT molecular complexity index is 2840. The molecule has 230 valence electrons. The average molecular weight is 647 g/mol. The molecule has 0 aliphatic carbocycles. The Hall–Kier alpha value is -6.44. The second kappa shape index (κ2) is 10.0. The largest absolute Gasteiger partial charge is 0.286 e. The van der Waals surface area contributed by atoms with Crippen LogP contribution < -0.4 is 0 Å². The van der Waals surface area contributed by atoms with E-state index >= 15 is 0 Å². The maximum atomic E-state index is 4.84. The molecule has 11 rings (SSSR count). The number of hydrogen-bond donors (Lipinski definition) is 0. The van der Waals surface area contributed by atoms with Crippen LogP contribution in [0.1, 0.15) is 0 Å². The summed E-state index contributed by atoms with van der Waals surface area (Å²) in [6.07, 6.45) is 3.74. The zero-order valence-electron chi connectivity index (χ0n) is 26.1. The van der Waals surface area contributed by atoms with Gasteiger partial charge >= 0.3 is 0 Å². The molecule has 0 bridgehead atoms. The molecule has 0 aliphatic rings. The minimum atomic E-state index is 0.896. The molecule has 7 heterocycles. The third kappa shape index (κ3) is 3.59. The van der Waals surface area contributed by atoms with Crippen LogP contribution in [0, 0.1) is 0 Å². The Labute approximate surface area is 284 Å². The number of aromatic nitrogens is 6. The van der Waals surface area contributed by atoms with Crippen molar-refractivity contribution in [3.63, 3.8) is 0 Å². The van der Waals surface area contributed by atoms with E-state index in [9.17, 15) is 0 Å². The van der Waals surface area contributed by atoms with Gasteiger partial charge in [-0.15, -0.1) is 0 Å². The third-order valence-electron chi connectivity index (χ3n) is 9.73. The number of rotatable bonds is 4. The van der Waals surface area contributed by atoms with E-state index in [2.05, 4.69) is 152 Å². The summed E-state index contributed by atoms with van der Waals surface area (Å²) in [5.41, 5.74) is 6.84. The zero-order valence-corrected chi connectivity index (χ0v) is 26.9. The molecule has 0 unspecified atom stereocenters. The summed E-state index contributed by atoms with van der Waals surface area (Å²) in [6, 6.07) is 51.6. The summed E-state index contributed by atoms with van der Waals surface area (Å²) in [7, 11) is 0. The molecule has 0 fully saturated rings. The van der Waals surface area contributed by atoms with Gasteiger partial charge in [0.15, 0.2) is 0 Å². The molecule has 0 N–H and O–H groups in total. The lowest BCUT2D eigenvalue weighted by Crippen LogP contribution is -2.02. The maximum Gasteiger partial charge on any atom is 0.138 e. The zero-order chi connectivity index (χ0) is 32.1. The van der Waals surface area contributed by atoms with E-state index < -0.39 is 0 Å². The molecule has 49 heavy (non-hydrogen) atoms. The van der Waals surface area contributed by atoms with E-state index in [0.29, 0.717) is 0 Å². The van der Waals surface area contributed by atoms with Crippen molar-refractivity contribution in [2.75, 3.05) is 0 Å². The fourth-order valence-corrected chi connectivity index (χ4v) is 8.87. The van der Waals surface area contributed by atoms with Crippen LogP contribution in [0.3, 0.4) is 0 Å². The van der Waals surface area contributed by atoms with Crippen molar-refractivity contribution < 1.29 is 0 Å². The lowest BCUT2D eigenvalue weighted by Gasteiger charge is -2.11. The minimum Gasteiger partial charge on any atom is -0.286 e. The summed E-state index contributed by atoms with van der Waals surface area (Å²) < 4.78 is 9.47. The van der Waals surface area contributed by atoms with Crippen LogP contribution in [0.25, 0.3) is 87.3 Å². The Morgan fingerprint density at radius 3 is 1.06 bits per heavy atom. The molecule has 0 spiro atoms. The van der Waals surface area contributed by atoms with Crippen molar-refractivity contribution in [2.45, 2.75) is 0 Å². The second-order valence-electron chi connectivity index (χ2n) is 12.3. The summed E-state index contributed by atoms with van der Waals surface area (Å²) >= 11 is 1.79. The van der Waals surface area contributed by atoms with Crippen LogP contribution in [0.4, 0.5) is 0 Å². The normalized spacial score (nSPS) is 12.1. The number of fused-ring (bicyclic) bond motifs is 10. The van der Waals surface area contributed by atoms with E-state index in [-0.39, 0.29) is 0 Å². The fourth-order valence-electron chi connectivity index (χ4n) is 7.84. The highest BCUT2D eigenvalue weighted by molar-refractivity contribution is 7.17. The van der Waals surface area contributed by atoms with Gasteiger partial charge < -0.3 is 0 Å². The average Bonchev–Trinajstić information content (AvgIpc) is 3.97. The van der Waals surface area contributed by atoms with Gasteiger partial charge in [-0.1, -0.05) is 96.3 Å². The van der Waals surface area contributed by atoms with Gasteiger partial charge in [-0.2, -0.15) is 0 Å². The van der Waals surface area contributed by atoms with E-state index in [1.807, 2.05) is 24.5 Å². The van der Waals surface area contributed by atoms with Gasteiger partial charge in [0, 0.05) is 44.7 Å². The standard InChI is InChI=1S/C42H26N6S/c1-5-17-31-27(13-1)39-29-15-3-7-19-33(29)47(41(39)45(31)35-21-9-11-25-43-35)37-23-24-38(49-37)48-34-20-8-4-16-30(34)40-28-14-2-6-18-32(28)46(42(40)48)36-22-10-12-26-44-36/h1-26H. The smallest absolute Gasteiger partial charge is 0.138 e. The minimum absolute atomic E-state index is 0.896. The van der Waals surface area contributed by atoms with Crippen LogP contribution in [0.2, 0.25) is 0 Å². The predicted octanol–water partition coefficient (Wildman–Crippen LogP) is 10.6. The highest BCUT2D eigenvalue weighted by Crippen LogP contribution is 2.44. The van der Waals surface area contributed by atoms with Crippen LogP contribution >= 0.6 is 11.3 Å². The van der Waals surface area contributed by atoms with E-state index in [1.165, 1.54) is 43.4 Å². The van der Waals surface area contributed by atoms with Crippen molar-refractivity contribution in [3.8, 4) is 21.6 Å². The SMILES string of the molecule is c1ccc(-n2c3ccccc3c3c4ccccc4n(-c4ccc(-n5c6ccccc6c6c7ccccc7n(-c7ccccn7)c65)s4)c32)nc1. The number of para-hydroxylation sites is 4. The van der Waals surface area contributed by atoms with Crippen molar-refractivity contribution >= 4 is 77.0 Å². The van der Waals surface area contributed by atoms with Gasteiger partial charge in [0.1, 0.15) is 32.9 Å². The summed E-state index contributed by atoms with van der Waals surface area (Å²) in [6.45, 7) is 0. The van der Waals surface area contributed by atoms with Crippen molar-refractivity contribution in [3.05, 3.63) is 158 Å². The lowest BCUT2D eigenvalue weighted by atomic mass is 10.1. The highest BCUT2D eigenvalue weighted by atomic mass is 32.1. The number of benzene rings is 4. The molecular formula is C42H26N6S. The molecule has 6 nitrogen and oxygen atoms in total. The van der Waals surface area contributed by atoms with E-state index in [1.54, 1.807) is 11.3 Å². The van der Waals surface area contributed by atoms with Gasteiger partial charge in [0.25, 0.3) is 0 Å². The molecule has 0 amide bonds. The van der Waals surface area contributed by atoms with Crippen LogP contribution in [0.5, 0.6) is 0 Å². The van der Waals surface area contributed by atoms with Crippen LogP contribution in [-0.4, -0.2) is 28.2 Å². The Kier molecular flexibility index (Phi) is 5.45. The summed E-state index contributed by atoms with van der Waals surface area (Å²) in [4.78, 5) is 9.68. The first kappa shape index (κ1) is 26.6. The van der Waals surface area contributed by atoms with Crippen molar-refractivity contribution in [1.82, 2.24) is 28.2 Å². The molecule has 4 aromatic carbocycles. The Morgan fingerprint density at radius 2 is 0.694 bits per heavy atom. The van der Waals surface area contributed by atoms with Gasteiger partial charge in [-0.25, -0.2) is 9.97 Å². The van der Waals surface area contributed by atoms with Gasteiger partial charge in [-0.05, 0) is 60.7 Å². The van der Waals surface area contributed by atoms with E-state index in [0.717, 1.165) is 44.0 Å². The summed E-state index contributed by atoms with van der Waals surface area (Å²) in [5, 5.41) is 9.61. The Morgan fingerprint density at radius 1 is 0.347 bits per heavy atom. The number of pyridine rings is 2. The molecule has 7 aromatic heterocycles. The third-order valence-corrected chi connectivity index (χ3v) is 10.8. The van der Waals surface area contributed by atoms with Crippen LogP contribution in [-0.2, 0) is 0 Å². The van der Waals surface area contributed by atoms with Crippen molar-refractivity contribution in [1.29, 1.82) is 0 Å². The highest BCUT2D eigenvalue weighted by Gasteiger charge is 2.25. The van der Waals surface area contributed by atoms with Crippen molar-refractivity contribution in [2.24, 2.45) is 0 Å². The second-order valence-corrected chi connectivity index (χ2v) is 13.3. The van der Waals surface area contributed by atoms with E-state index in [4.69, 9.17) is 9.97 Å². The molecular weight excluding hydrogens is 621 g/mol. The number of hydrogen-bond acceptors (Lipinski definition) is 3. The monoisotopic (exact) mass is 646 g/mol. The first-order valence-corrected chi connectivity index (χ1v) is 17.2. The molecule has 7 heteroatoms. The topological polar surface area (TPSA) is 45.5 Å². The number of nitrogens with zero attached hydrogens (tertiary/aromatic N) is 6. The number of thiophene rings is 1. The quantitative estimate of drug-likeness (QED) is 0.191. The first-order chi connectivity index (χ1) is 24.4. The summed E-state index contributed by atoms with van der Waals surface area (Å²) in [5.74, 6) is 1.79.